The summed E-state index contributed by atoms with van der Waals surface area (Å²) in [7, 11) is 0. The van der Waals surface area contributed by atoms with Gasteiger partial charge in [-0.1, -0.05) is 26.0 Å². The van der Waals surface area contributed by atoms with E-state index >= 15 is 0 Å². The third-order valence-corrected chi connectivity index (χ3v) is 3.06. The Morgan fingerprint density at radius 3 is 2.76 bits per heavy atom. The van der Waals surface area contributed by atoms with E-state index in [1.54, 1.807) is 23.0 Å². The van der Waals surface area contributed by atoms with Crippen molar-refractivity contribution in [3.05, 3.63) is 30.5 Å². The topological polar surface area (TPSA) is 53.1 Å². The molecule has 0 atom stereocenters. The Hall–Kier alpha value is -2.11. The van der Waals surface area contributed by atoms with Gasteiger partial charge in [0.25, 0.3) is 0 Å². The minimum atomic E-state index is -2.85. The van der Waals surface area contributed by atoms with Crippen molar-refractivity contribution in [1.29, 1.82) is 0 Å². The molecule has 2 aromatic rings. The Morgan fingerprint density at radius 1 is 1.33 bits per heavy atom. The molecule has 0 aliphatic rings. The third-order valence-electron chi connectivity index (χ3n) is 3.06. The van der Waals surface area contributed by atoms with Crippen LogP contribution < -0.4 is 10.5 Å². The van der Waals surface area contributed by atoms with Crippen molar-refractivity contribution < 1.29 is 13.5 Å². The Balaban J connectivity index is 2.21. The van der Waals surface area contributed by atoms with E-state index in [0.717, 1.165) is 13.0 Å². The number of nitrogens with two attached hydrogens (primary N) is 1. The first-order valence-corrected chi connectivity index (χ1v) is 6.84. The molecule has 21 heavy (non-hydrogen) atoms. The number of nitrogens with zero attached hydrogens (tertiary/aromatic N) is 2. The fraction of sp³-hybridized carbons (Fsp3) is 0.400. The van der Waals surface area contributed by atoms with Gasteiger partial charge in [0.15, 0.2) is 0 Å². The molecule has 0 saturated carbocycles. The highest BCUT2D eigenvalue weighted by atomic mass is 19.3. The van der Waals surface area contributed by atoms with E-state index in [0.29, 0.717) is 22.9 Å². The van der Waals surface area contributed by atoms with Crippen LogP contribution in [0, 0.1) is 5.92 Å². The number of ether oxygens (including phenoxy) is 1. The maximum absolute atomic E-state index is 12.2. The van der Waals surface area contributed by atoms with E-state index in [1.807, 2.05) is 0 Å². The first-order chi connectivity index (χ1) is 9.95. The van der Waals surface area contributed by atoms with E-state index < -0.39 is 6.61 Å². The summed E-state index contributed by atoms with van der Waals surface area (Å²) >= 11 is 0. The molecule has 0 radical (unpaired) electrons. The number of hydrogen-bond acceptors (Lipinski definition) is 3. The number of anilines is 1. The van der Waals surface area contributed by atoms with Gasteiger partial charge in [0.2, 0.25) is 0 Å². The summed E-state index contributed by atoms with van der Waals surface area (Å²) in [5.41, 5.74) is 7.72. The molecular weight excluding hydrogens is 276 g/mol. The van der Waals surface area contributed by atoms with E-state index in [1.165, 1.54) is 12.1 Å². The lowest BCUT2D eigenvalue weighted by atomic mass is 10.1. The summed E-state index contributed by atoms with van der Waals surface area (Å²) in [5.74, 6) is 0.667. The molecule has 0 bridgehead atoms. The SMILES string of the molecule is CC(C)CCn1cc(N)c(-c2cccc(OC(F)F)c2)n1. The number of aromatic nitrogens is 2. The van der Waals surface area contributed by atoms with Gasteiger partial charge < -0.3 is 10.5 Å². The zero-order valence-corrected chi connectivity index (χ0v) is 12.1. The van der Waals surface area contributed by atoms with E-state index in [2.05, 4.69) is 23.7 Å². The second kappa shape index (κ2) is 6.56. The lowest BCUT2D eigenvalue weighted by Gasteiger charge is -2.06. The van der Waals surface area contributed by atoms with Crippen molar-refractivity contribution >= 4 is 5.69 Å². The van der Waals surface area contributed by atoms with Gasteiger partial charge in [-0.05, 0) is 24.5 Å². The minimum Gasteiger partial charge on any atom is -0.435 e. The molecule has 0 aliphatic heterocycles. The van der Waals surface area contributed by atoms with Gasteiger partial charge in [0, 0.05) is 18.3 Å². The molecule has 0 aliphatic carbocycles. The van der Waals surface area contributed by atoms with Crippen LogP contribution in [0.1, 0.15) is 20.3 Å². The maximum Gasteiger partial charge on any atom is 0.387 e. The van der Waals surface area contributed by atoms with Crippen LogP contribution >= 0.6 is 0 Å². The molecule has 1 aromatic carbocycles. The van der Waals surface area contributed by atoms with Crippen LogP contribution in [0.15, 0.2) is 30.5 Å². The highest BCUT2D eigenvalue weighted by Crippen LogP contribution is 2.28. The predicted octanol–water partition coefficient (Wildman–Crippen LogP) is 3.78. The van der Waals surface area contributed by atoms with Crippen molar-refractivity contribution in [1.82, 2.24) is 9.78 Å². The zero-order chi connectivity index (χ0) is 15.4. The molecule has 0 unspecified atom stereocenters. The van der Waals surface area contributed by atoms with Gasteiger partial charge in [-0.25, -0.2) is 0 Å². The normalized spacial score (nSPS) is 11.3. The number of nitrogen functional groups attached to an aromatic ring is 1. The molecule has 1 heterocycles. The van der Waals surface area contributed by atoms with Gasteiger partial charge >= 0.3 is 6.61 Å². The molecule has 0 amide bonds. The maximum atomic E-state index is 12.2. The lowest BCUT2D eigenvalue weighted by molar-refractivity contribution is -0.0498. The molecular formula is C15H19F2N3O. The number of hydrogen-bond donors (Lipinski definition) is 1. The molecule has 0 fully saturated rings. The minimum absolute atomic E-state index is 0.0960. The van der Waals surface area contributed by atoms with Gasteiger partial charge in [-0.3, -0.25) is 4.68 Å². The lowest BCUT2D eigenvalue weighted by Crippen LogP contribution is -2.02. The number of aryl methyl sites for hydroxylation is 1. The third kappa shape index (κ3) is 4.18. The molecule has 114 valence electrons. The van der Waals surface area contributed by atoms with Gasteiger partial charge in [0.1, 0.15) is 11.4 Å². The first kappa shape index (κ1) is 15.3. The largest absolute Gasteiger partial charge is 0.435 e. The van der Waals surface area contributed by atoms with Gasteiger partial charge in [-0.2, -0.15) is 13.9 Å². The monoisotopic (exact) mass is 295 g/mol. The molecule has 6 heteroatoms. The first-order valence-electron chi connectivity index (χ1n) is 6.84. The molecule has 2 rings (SSSR count). The molecule has 4 nitrogen and oxygen atoms in total. The molecule has 2 N–H and O–H groups in total. The fourth-order valence-corrected chi connectivity index (χ4v) is 1.99. The fourth-order valence-electron chi connectivity index (χ4n) is 1.99. The number of alkyl halides is 2. The summed E-state index contributed by atoms with van der Waals surface area (Å²) in [6.07, 6.45) is 2.76. The molecule has 0 spiro atoms. The van der Waals surface area contributed by atoms with Crippen LogP contribution in [-0.2, 0) is 6.54 Å². The average Bonchev–Trinajstić information content (AvgIpc) is 2.77. The van der Waals surface area contributed by atoms with Gasteiger partial charge in [-0.15, -0.1) is 0 Å². The van der Waals surface area contributed by atoms with Crippen LogP contribution in [0.5, 0.6) is 5.75 Å². The summed E-state index contributed by atoms with van der Waals surface area (Å²) in [5, 5.41) is 4.42. The standard InChI is InChI=1S/C15H19F2N3O/c1-10(2)6-7-20-9-13(18)14(19-20)11-4-3-5-12(8-11)21-15(16)17/h3-5,8-10,15H,6-7,18H2,1-2H3. The van der Waals surface area contributed by atoms with Crippen molar-refractivity contribution in [2.75, 3.05) is 5.73 Å². The van der Waals surface area contributed by atoms with Crippen molar-refractivity contribution in [3.63, 3.8) is 0 Å². The van der Waals surface area contributed by atoms with Crippen molar-refractivity contribution in [2.24, 2.45) is 5.92 Å². The number of rotatable bonds is 6. The van der Waals surface area contributed by atoms with E-state index in [9.17, 15) is 8.78 Å². The summed E-state index contributed by atoms with van der Waals surface area (Å²) in [4.78, 5) is 0. The Labute approximate surface area is 122 Å². The van der Waals surface area contributed by atoms with E-state index in [-0.39, 0.29) is 5.75 Å². The molecule has 0 saturated heterocycles. The smallest absolute Gasteiger partial charge is 0.387 e. The summed E-state index contributed by atoms with van der Waals surface area (Å²) in [6, 6.07) is 6.39. The van der Waals surface area contributed by atoms with Crippen LogP contribution in [0.3, 0.4) is 0 Å². The quantitative estimate of drug-likeness (QED) is 0.882. The highest BCUT2D eigenvalue weighted by Gasteiger charge is 2.11. The predicted molar refractivity (Wildman–Crippen MR) is 78.2 cm³/mol. The van der Waals surface area contributed by atoms with Crippen LogP contribution in [0.2, 0.25) is 0 Å². The zero-order valence-electron chi connectivity index (χ0n) is 12.1. The Morgan fingerprint density at radius 2 is 2.10 bits per heavy atom. The number of benzene rings is 1. The second-order valence-electron chi connectivity index (χ2n) is 5.28. The molecule has 1 aromatic heterocycles. The second-order valence-corrected chi connectivity index (χ2v) is 5.28. The summed E-state index contributed by atoms with van der Waals surface area (Å²) < 4.78 is 30.7. The van der Waals surface area contributed by atoms with Gasteiger partial charge in [0.05, 0.1) is 5.69 Å². The highest BCUT2D eigenvalue weighted by molar-refractivity contribution is 5.72. The van der Waals surface area contributed by atoms with Crippen LogP contribution in [-0.4, -0.2) is 16.4 Å². The van der Waals surface area contributed by atoms with Crippen LogP contribution in [0.4, 0.5) is 14.5 Å². The Bertz CT molecular complexity index is 596. The summed E-state index contributed by atoms with van der Waals surface area (Å²) in [6.45, 7) is 2.20. The Kier molecular flexibility index (Phi) is 4.77. The average molecular weight is 295 g/mol. The van der Waals surface area contributed by atoms with E-state index in [4.69, 9.17) is 5.73 Å². The number of halogens is 2. The van der Waals surface area contributed by atoms with Crippen LogP contribution in [0.25, 0.3) is 11.3 Å². The van der Waals surface area contributed by atoms with Crippen molar-refractivity contribution in [2.45, 2.75) is 33.4 Å². The van der Waals surface area contributed by atoms with Crippen molar-refractivity contribution in [3.8, 4) is 17.0 Å².